The lowest BCUT2D eigenvalue weighted by Crippen LogP contribution is -1.89. The van der Waals surface area contributed by atoms with Gasteiger partial charge in [-0.1, -0.05) is 49.2 Å². The summed E-state index contributed by atoms with van der Waals surface area (Å²) in [5.74, 6) is 0.661. The van der Waals surface area contributed by atoms with Gasteiger partial charge >= 0.3 is 0 Å². The number of rotatable bonds is 7. The largest absolute Gasteiger partial charge is 0.464 e. The van der Waals surface area contributed by atoms with Crippen molar-refractivity contribution in [3.8, 4) is 5.75 Å². The molecule has 96 valence electrons. The van der Waals surface area contributed by atoms with Crippen LogP contribution in [0.4, 0.5) is 0 Å². The van der Waals surface area contributed by atoms with E-state index in [9.17, 15) is 0 Å². The Morgan fingerprint density at radius 3 is 2.89 bits per heavy atom. The Bertz CT molecular complexity index is 422. The van der Waals surface area contributed by atoms with Crippen molar-refractivity contribution in [3.05, 3.63) is 54.3 Å². The van der Waals surface area contributed by atoms with Crippen LogP contribution >= 0.6 is 0 Å². The molecule has 0 spiro atoms. The number of benzene rings is 1. The molecule has 1 N–H and O–H groups in total. The van der Waals surface area contributed by atoms with Crippen molar-refractivity contribution in [1.82, 2.24) is 0 Å². The van der Waals surface area contributed by atoms with Crippen LogP contribution in [0, 0.1) is 0 Å². The van der Waals surface area contributed by atoms with Crippen molar-refractivity contribution in [1.29, 1.82) is 0 Å². The lowest BCUT2D eigenvalue weighted by molar-refractivity contribution is 0.321. The number of hydrogen-bond donors (Lipinski definition) is 1. The van der Waals surface area contributed by atoms with Gasteiger partial charge in [0.25, 0.3) is 0 Å². The molecule has 0 aliphatic heterocycles. The van der Waals surface area contributed by atoms with Crippen molar-refractivity contribution >= 4 is 6.21 Å². The summed E-state index contributed by atoms with van der Waals surface area (Å²) in [7, 11) is 0. The van der Waals surface area contributed by atoms with Crippen LogP contribution in [0.2, 0.25) is 0 Å². The molecule has 0 aliphatic rings. The molecule has 0 unspecified atom stereocenters. The minimum absolute atomic E-state index is 0.661. The highest BCUT2D eigenvalue weighted by atomic mass is 16.5. The number of allylic oxidation sites excluding steroid dienone is 3. The van der Waals surface area contributed by atoms with E-state index >= 15 is 0 Å². The first-order valence-electron chi connectivity index (χ1n) is 6.13. The molecule has 0 bridgehead atoms. The molecule has 0 fully saturated rings. The Balaban J connectivity index is 2.48. The van der Waals surface area contributed by atoms with Crippen LogP contribution in [-0.2, 0) is 0 Å². The van der Waals surface area contributed by atoms with Crippen molar-refractivity contribution in [2.45, 2.75) is 26.2 Å². The van der Waals surface area contributed by atoms with Gasteiger partial charge in [0.2, 0.25) is 0 Å². The van der Waals surface area contributed by atoms with Crippen LogP contribution < -0.4 is 4.74 Å². The monoisotopic (exact) mass is 245 g/mol. The summed E-state index contributed by atoms with van der Waals surface area (Å²) >= 11 is 0. The smallest absolute Gasteiger partial charge is 0.135 e. The van der Waals surface area contributed by atoms with Gasteiger partial charge in [0.05, 0.1) is 12.5 Å². The van der Waals surface area contributed by atoms with Gasteiger partial charge in [0.1, 0.15) is 5.75 Å². The van der Waals surface area contributed by atoms with Crippen LogP contribution in [-0.4, -0.2) is 11.4 Å². The zero-order valence-electron chi connectivity index (χ0n) is 10.6. The van der Waals surface area contributed by atoms with Crippen LogP contribution in [0.5, 0.6) is 5.75 Å². The summed E-state index contributed by atoms with van der Waals surface area (Å²) in [4.78, 5) is 0. The molecule has 3 heteroatoms. The lowest BCUT2D eigenvalue weighted by Gasteiger charge is -2.02. The number of para-hydroxylation sites is 1. The third kappa shape index (κ3) is 5.34. The summed E-state index contributed by atoms with van der Waals surface area (Å²) in [6.45, 7) is 2.17. The first-order valence-corrected chi connectivity index (χ1v) is 6.13. The fourth-order valence-electron chi connectivity index (χ4n) is 1.41. The summed E-state index contributed by atoms with van der Waals surface area (Å²) in [6, 6.07) is 7.37. The van der Waals surface area contributed by atoms with Gasteiger partial charge in [-0.2, -0.15) is 0 Å². The van der Waals surface area contributed by atoms with Gasteiger partial charge < -0.3 is 9.94 Å². The molecule has 0 atom stereocenters. The van der Waals surface area contributed by atoms with E-state index in [1.807, 2.05) is 36.4 Å². The highest BCUT2D eigenvalue weighted by Gasteiger charge is 1.97. The van der Waals surface area contributed by atoms with Crippen LogP contribution in [0.1, 0.15) is 31.7 Å². The fourth-order valence-corrected chi connectivity index (χ4v) is 1.41. The molecule has 18 heavy (non-hydrogen) atoms. The second kappa shape index (κ2) is 9.05. The molecule has 0 aliphatic carbocycles. The van der Waals surface area contributed by atoms with Gasteiger partial charge in [-0.15, -0.1) is 0 Å². The molecule has 1 rings (SSSR count). The van der Waals surface area contributed by atoms with Crippen molar-refractivity contribution < 1.29 is 9.94 Å². The second-order valence-corrected chi connectivity index (χ2v) is 3.80. The Kier molecular flexibility index (Phi) is 7.05. The standard InChI is InChI=1S/C15H19NO2/c1-2-3-4-5-6-9-12-18-15-11-8-7-10-14(15)13-16-17/h5-13,17H,2-4H2,1H3/b6-5+,12-9+,16-13-. The van der Waals surface area contributed by atoms with Gasteiger partial charge in [-0.05, 0) is 24.6 Å². The van der Waals surface area contributed by atoms with Crippen LogP contribution in [0.15, 0.2) is 53.9 Å². The predicted molar refractivity (Wildman–Crippen MR) is 74.3 cm³/mol. The molecule has 0 aromatic heterocycles. The van der Waals surface area contributed by atoms with Crippen molar-refractivity contribution in [2.24, 2.45) is 5.16 Å². The number of ether oxygens (including phenoxy) is 1. The first-order chi connectivity index (χ1) is 8.88. The maximum Gasteiger partial charge on any atom is 0.135 e. The number of nitrogens with zero attached hydrogens (tertiary/aromatic N) is 1. The Morgan fingerprint density at radius 1 is 1.28 bits per heavy atom. The number of hydrogen-bond acceptors (Lipinski definition) is 3. The summed E-state index contributed by atoms with van der Waals surface area (Å²) in [5.41, 5.74) is 0.736. The highest BCUT2D eigenvalue weighted by Crippen LogP contribution is 2.15. The number of oxime groups is 1. The molecule has 3 nitrogen and oxygen atoms in total. The molecular weight excluding hydrogens is 226 g/mol. The summed E-state index contributed by atoms with van der Waals surface area (Å²) < 4.78 is 5.46. The van der Waals surface area contributed by atoms with Gasteiger partial charge in [0, 0.05) is 5.56 Å². The molecular formula is C15H19NO2. The minimum atomic E-state index is 0.661. The zero-order chi connectivity index (χ0) is 13.1. The van der Waals surface area contributed by atoms with Crippen molar-refractivity contribution in [3.63, 3.8) is 0 Å². The average Bonchev–Trinajstić information content (AvgIpc) is 2.40. The van der Waals surface area contributed by atoms with E-state index < -0.39 is 0 Å². The Labute approximate surface area is 108 Å². The van der Waals surface area contributed by atoms with E-state index in [4.69, 9.17) is 9.94 Å². The molecule has 0 heterocycles. The van der Waals surface area contributed by atoms with E-state index in [-0.39, 0.29) is 0 Å². The maximum absolute atomic E-state index is 8.52. The second-order valence-electron chi connectivity index (χ2n) is 3.80. The van der Waals surface area contributed by atoms with E-state index in [1.54, 1.807) is 6.26 Å². The van der Waals surface area contributed by atoms with Gasteiger partial charge in [0.15, 0.2) is 0 Å². The molecule has 0 radical (unpaired) electrons. The average molecular weight is 245 g/mol. The predicted octanol–water partition coefficient (Wildman–Crippen LogP) is 4.13. The molecule has 1 aromatic rings. The molecule has 0 saturated heterocycles. The fraction of sp³-hybridized carbons (Fsp3) is 0.267. The third-order valence-corrected chi connectivity index (χ3v) is 2.36. The van der Waals surface area contributed by atoms with E-state index in [2.05, 4.69) is 18.2 Å². The quantitative estimate of drug-likeness (QED) is 0.196. The highest BCUT2D eigenvalue weighted by molar-refractivity contribution is 5.82. The molecule has 0 saturated carbocycles. The first kappa shape index (κ1) is 14.0. The van der Waals surface area contributed by atoms with Gasteiger partial charge in [-0.3, -0.25) is 0 Å². The SMILES string of the molecule is CCCC/C=C/C=C/Oc1ccccc1/C=N\O. The molecule has 0 amide bonds. The van der Waals surface area contributed by atoms with E-state index in [0.29, 0.717) is 5.75 Å². The van der Waals surface area contributed by atoms with Crippen LogP contribution in [0.3, 0.4) is 0 Å². The summed E-state index contributed by atoms with van der Waals surface area (Å²) in [5, 5.41) is 11.5. The topological polar surface area (TPSA) is 41.8 Å². The minimum Gasteiger partial charge on any atom is -0.464 e. The molecule has 1 aromatic carbocycles. The Hall–Kier alpha value is -2.03. The van der Waals surface area contributed by atoms with Crippen LogP contribution in [0.25, 0.3) is 0 Å². The lowest BCUT2D eigenvalue weighted by atomic mass is 10.2. The van der Waals surface area contributed by atoms with E-state index in [0.717, 1.165) is 12.0 Å². The summed E-state index contributed by atoms with van der Waals surface area (Å²) in [6.07, 6.45) is 12.4. The van der Waals surface area contributed by atoms with Gasteiger partial charge in [-0.25, -0.2) is 0 Å². The van der Waals surface area contributed by atoms with Crippen molar-refractivity contribution in [2.75, 3.05) is 0 Å². The number of unbranched alkanes of at least 4 members (excludes halogenated alkanes) is 2. The normalized spacial score (nSPS) is 11.8. The third-order valence-electron chi connectivity index (χ3n) is 2.36. The Morgan fingerprint density at radius 2 is 2.11 bits per heavy atom. The van der Waals surface area contributed by atoms with E-state index in [1.165, 1.54) is 19.1 Å². The maximum atomic E-state index is 8.52. The zero-order valence-corrected chi connectivity index (χ0v) is 10.6.